The lowest BCUT2D eigenvalue weighted by Crippen LogP contribution is -2.19. The fourth-order valence-electron chi connectivity index (χ4n) is 3.81. The van der Waals surface area contributed by atoms with Gasteiger partial charge in [-0.1, -0.05) is 45.4 Å². The fourth-order valence-corrected chi connectivity index (χ4v) is 3.81. The van der Waals surface area contributed by atoms with Gasteiger partial charge in [0.05, 0.1) is 5.92 Å². The van der Waals surface area contributed by atoms with E-state index in [0.717, 1.165) is 0 Å². The van der Waals surface area contributed by atoms with E-state index >= 15 is 0 Å². The van der Waals surface area contributed by atoms with Crippen LogP contribution in [0.2, 0.25) is 0 Å². The summed E-state index contributed by atoms with van der Waals surface area (Å²) in [5.74, 6) is -3.31. The van der Waals surface area contributed by atoms with E-state index in [2.05, 4.69) is 49.3 Å². The Labute approximate surface area is 302 Å². The highest BCUT2D eigenvalue weighted by atomic mass is 35.5. The van der Waals surface area contributed by atoms with Crippen LogP contribution in [0.3, 0.4) is 0 Å². The van der Waals surface area contributed by atoms with E-state index < -0.39 is 75.1 Å². The molecule has 0 saturated heterocycles. The van der Waals surface area contributed by atoms with Gasteiger partial charge in [-0.25, -0.2) is 19.9 Å². The van der Waals surface area contributed by atoms with Gasteiger partial charge >= 0.3 is 18.3 Å². The zero-order chi connectivity index (χ0) is 39.4. The Hall–Kier alpha value is -6.19. The highest BCUT2D eigenvalue weighted by Crippen LogP contribution is 2.37. The minimum absolute atomic E-state index is 0. The molecule has 0 aromatic carbocycles. The number of aromatic hydroxyl groups is 1. The van der Waals surface area contributed by atoms with E-state index in [1.54, 1.807) is 27.7 Å². The van der Waals surface area contributed by atoms with Gasteiger partial charge in [-0.3, -0.25) is 19.2 Å². The van der Waals surface area contributed by atoms with Crippen molar-refractivity contribution in [2.45, 2.75) is 47.5 Å². The van der Waals surface area contributed by atoms with Crippen molar-refractivity contribution in [2.75, 3.05) is 0 Å². The summed E-state index contributed by atoms with van der Waals surface area (Å²) < 4.78 is 90.1. The van der Waals surface area contributed by atoms with Gasteiger partial charge in [0.15, 0.2) is 45.7 Å². The number of aromatic amines is 2. The Morgan fingerprint density at radius 2 is 1.15 bits per heavy atom. The third-order valence-corrected chi connectivity index (χ3v) is 6.88. The maximum absolute atomic E-state index is 12.8. The molecule has 3 N–H and O–H groups in total. The van der Waals surface area contributed by atoms with Crippen LogP contribution in [0.25, 0.3) is 45.0 Å². The summed E-state index contributed by atoms with van der Waals surface area (Å²) in [6.45, 7) is 6.63. The van der Waals surface area contributed by atoms with Crippen LogP contribution in [0.5, 0.6) is 11.5 Å². The summed E-state index contributed by atoms with van der Waals surface area (Å²) in [6.07, 6.45) is -4.37. The number of halogens is 7. The SMILES string of the molecule is C.CC(C)C(=O)Cl.CC(C)C(=O)Oc1c(-c2cc(C(F)(F)F)no2)c(=O)[nH]c2nccnc12.O=c1[nH]c2nccnc2c(O)c1-c1cc(C(F)(F)F)no1. The molecule has 0 bridgehead atoms. The number of carbonyl (C=O) groups is 2. The number of alkyl halides is 6. The molecular formula is C31H27ClF6N8O8. The minimum Gasteiger partial charge on any atom is -0.505 e. The van der Waals surface area contributed by atoms with Crippen LogP contribution in [0.1, 0.15) is 46.5 Å². The number of nitrogens with one attached hydrogen (secondary N) is 2. The molecule has 0 aliphatic heterocycles. The van der Waals surface area contributed by atoms with E-state index in [1.807, 2.05) is 0 Å². The number of rotatable bonds is 5. The van der Waals surface area contributed by atoms with Crippen LogP contribution in [0.15, 0.2) is 55.6 Å². The zero-order valence-corrected chi connectivity index (χ0v) is 28.0. The Kier molecular flexibility index (Phi) is 13.0. The number of pyridine rings is 2. The van der Waals surface area contributed by atoms with Gasteiger partial charge in [0.2, 0.25) is 5.24 Å². The Morgan fingerprint density at radius 3 is 1.57 bits per heavy atom. The second kappa shape index (κ2) is 16.7. The van der Waals surface area contributed by atoms with E-state index in [4.69, 9.17) is 16.3 Å². The van der Waals surface area contributed by atoms with Crippen molar-refractivity contribution in [3.05, 3.63) is 69.0 Å². The Morgan fingerprint density at radius 1 is 0.741 bits per heavy atom. The Bertz CT molecular complexity index is 2400. The van der Waals surface area contributed by atoms with Crippen molar-refractivity contribution in [1.29, 1.82) is 0 Å². The molecule has 0 atom stereocenters. The van der Waals surface area contributed by atoms with Gasteiger partial charge in [0, 0.05) is 42.8 Å². The van der Waals surface area contributed by atoms with Crippen molar-refractivity contribution in [3.63, 3.8) is 0 Å². The molecule has 6 aromatic rings. The zero-order valence-electron chi connectivity index (χ0n) is 27.3. The minimum atomic E-state index is -4.76. The van der Waals surface area contributed by atoms with Crippen molar-refractivity contribution < 1.29 is 54.8 Å². The number of hydrogen-bond donors (Lipinski definition) is 3. The summed E-state index contributed by atoms with van der Waals surface area (Å²) in [4.78, 5) is 66.3. The number of ether oxygens (including phenoxy) is 1. The average Bonchev–Trinajstić information content (AvgIpc) is 3.77. The molecule has 0 radical (unpaired) electrons. The summed E-state index contributed by atoms with van der Waals surface area (Å²) in [5.41, 5.74) is -5.38. The normalized spacial score (nSPS) is 11.4. The van der Waals surface area contributed by atoms with Crippen molar-refractivity contribution in [2.24, 2.45) is 11.8 Å². The predicted octanol–water partition coefficient (Wildman–Crippen LogP) is 6.29. The predicted molar refractivity (Wildman–Crippen MR) is 176 cm³/mol. The molecule has 16 nitrogen and oxygen atoms in total. The average molecular weight is 789 g/mol. The first kappa shape index (κ1) is 42.2. The maximum Gasteiger partial charge on any atom is 0.436 e. The second-order valence-electron chi connectivity index (χ2n) is 11.0. The van der Waals surface area contributed by atoms with Crippen LogP contribution >= 0.6 is 11.6 Å². The molecule has 23 heteroatoms. The molecule has 6 rings (SSSR count). The monoisotopic (exact) mass is 788 g/mol. The second-order valence-corrected chi connectivity index (χ2v) is 11.4. The smallest absolute Gasteiger partial charge is 0.436 e. The van der Waals surface area contributed by atoms with Gasteiger partial charge < -0.3 is 28.9 Å². The molecule has 0 saturated carbocycles. The number of fused-ring (bicyclic) bond motifs is 2. The standard InChI is InChI=1S/C15H11F3N4O4.C11H5F3N4O3.C4H7ClO.CH4/c1-6(2)14(24)25-11-9(7-5-8(22-26-7)15(16,17)18)13(23)21-12-10(11)19-3-4-20-12;12-11(13,14)5-3-4(21-18-5)6-8(19)7-9(17-10(6)20)16-2-1-15-7;1-3(2)4(5)6;/h3-6H,1-2H3,(H,20,21,23);1-3H,(H2,16,17,19,20);3H,1-2H3;1H4. The molecule has 0 unspecified atom stereocenters. The number of carbonyl (C=O) groups excluding carboxylic acids is 2. The van der Waals surface area contributed by atoms with Crippen LogP contribution in [0.4, 0.5) is 26.3 Å². The maximum atomic E-state index is 12.8. The Balaban J connectivity index is 0.000000252. The molecular weight excluding hydrogens is 762 g/mol. The number of esters is 1. The number of nitrogens with zero attached hydrogens (tertiary/aromatic N) is 6. The van der Waals surface area contributed by atoms with Crippen molar-refractivity contribution >= 4 is 45.1 Å². The lowest BCUT2D eigenvalue weighted by atomic mass is 10.1. The lowest BCUT2D eigenvalue weighted by Gasteiger charge is -2.11. The van der Waals surface area contributed by atoms with Gasteiger partial charge in [-0.15, -0.1) is 0 Å². The molecule has 6 aromatic heterocycles. The summed E-state index contributed by atoms with van der Waals surface area (Å²) in [6, 6.07) is 1.06. The van der Waals surface area contributed by atoms with Gasteiger partial charge in [-0.05, 0) is 11.6 Å². The summed E-state index contributed by atoms with van der Waals surface area (Å²) >= 11 is 4.97. The van der Waals surface area contributed by atoms with Crippen molar-refractivity contribution in [3.8, 4) is 34.1 Å². The quantitative estimate of drug-likeness (QED) is 0.0989. The molecule has 6 heterocycles. The lowest BCUT2D eigenvalue weighted by molar-refractivity contribution is -0.143. The molecule has 54 heavy (non-hydrogen) atoms. The van der Waals surface area contributed by atoms with Crippen molar-refractivity contribution in [1.82, 2.24) is 40.2 Å². The first-order valence-electron chi connectivity index (χ1n) is 14.6. The van der Waals surface area contributed by atoms with Gasteiger partial charge in [-0.2, -0.15) is 26.3 Å². The fraction of sp³-hybridized carbons (Fsp3) is 0.290. The molecule has 0 aliphatic carbocycles. The topological polar surface area (TPSA) is 233 Å². The highest BCUT2D eigenvalue weighted by molar-refractivity contribution is 6.63. The van der Waals surface area contributed by atoms with E-state index in [0.29, 0.717) is 12.1 Å². The summed E-state index contributed by atoms with van der Waals surface area (Å²) in [7, 11) is 0. The molecule has 288 valence electrons. The third-order valence-electron chi connectivity index (χ3n) is 6.44. The van der Waals surface area contributed by atoms with Crippen LogP contribution < -0.4 is 15.9 Å². The van der Waals surface area contributed by atoms with Gasteiger partial charge in [0.1, 0.15) is 22.2 Å². The number of aromatic nitrogens is 8. The third kappa shape index (κ3) is 9.61. The highest BCUT2D eigenvalue weighted by Gasteiger charge is 2.37. The summed E-state index contributed by atoms with van der Waals surface area (Å²) in [5, 5.41) is 15.5. The largest absolute Gasteiger partial charge is 0.505 e. The van der Waals surface area contributed by atoms with Crippen LogP contribution in [-0.2, 0) is 21.9 Å². The van der Waals surface area contributed by atoms with E-state index in [1.165, 1.54) is 24.8 Å². The first-order valence-corrected chi connectivity index (χ1v) is 15.0. The molecule has 0 amide bonds. The molecule has 0 fully saturated rings. The number of H-pyrrole nitrogens is 2. The van der Waals surface area contributed by atoms with Crippen LogP contribution in [0, 0.1) is 11.8 Å². The van der Waals surface area contributed by atoms with E-state index in [-0.39, 0.29) is 46.7 Å². The van der Waals surface area contributed by atoms with E-state index in [9.17, 15) is 50.6 Å². The van der Waals surface area contributed by atoms with Gasteiger partial charge in [0.25, 0.3) is 11.1 Å². The molecule has 0 spiro atoms. The van der Waals surface area contributed by atoms with Crippen LogP contribution in [-0.4, -0.2) is 56.5 Å². The first-order chi connectivity index (χ1) is 24.7. The molecule has 0 aliphatic rings. The number of hydrogen-bond acceptors (Lipinski definition) is 14.